The first-order valence-corrected chi connectivity index (χ1v) is 6.70. The molecule has 1 saturated heterocycles. The number of halogens is 1. The van der Waals surface area contributed by atoms with Gasteiger partial charge >= 0.3 is 0 Å². The SMILES string of the molecule is CN(C)CCn1ncc(Cl)c1C1(O)CCNCC1. The highest BCUT2D eigenvalue weighted by atomic mass is 35.5. The van der Waals surface area contributed by atoms with Crippen molar-refractivity contribution in [1.29, 1.82) is 0 Å². The highest BCUT2D eigenvalue weighted by Crippen LogP contribution is 2.34. The molecule has 5 nitrogen and oxygen atoms in total. The molecule has 2 N–H and O–H groups in total. The number of hydrogen-bond donors (Lipinski definition) is 2. The Kier molecular flexibility index (Phi) is 4.27. The Morgan fingerprint density at radius 1 is 1.50 bits per heavy atom. The summed E-state index contributed by atoms with van der Waals surface area (Å²) in [6.45, 7) is 3.24. The summed E-state index contributed by atoms with van der Waals surface area (Å²) < 4.78 is 1.84. The summed E-state index contributed by atoms with van der Waals surface area (Å²) in [6.07, 6.45) is 2.99. The molecule has 102 valence electrons. The number of aromatic nitrogens is 2. The van der Waals surface area contributed by atoms with Crippen LogP contribution in [-0.2, 0) is 12.1 Å². The van der Waals surface area contributed by atoms with Gasteiger partial charge in [-0.2, -0.15) is 5.10 Å². The van der Waals surface area contributed by atoms with E-state index in [1.54, 1.807) is 6.20 Å². The average Bonchev–Trinajstić information content (AvgIpc) is 2.69. The highest BCUT2D eigenvalue weighted by molar-refractivity contribution is 6.31. The number of aliphatic hydroxyl groups is 1. The molecule has 1 aliphatic rings. The molecule has 0 unspecified atom stereocenters. The number of nitrogens with one attached hydrogen (secondary N) is 1. The van der Waals surface area contributed by atoms with Gasteiger partial charge in [-0.25, -0.2) is 0 Å². The van der Waals surface area contributed by atoms with Crippen LogP contribution in [0.5, 0.6) is 0 Å². The first-order valence-electron chi connectivity index (χ1n) is 6.32. The maximum Gasteiger partial charge on any atom is 0.110 e. The van der Waals surface area contributed by atoms with Crippen molar-refractivity contribution in [2.45, 2.75) is 25.0 Å². The molecule has 18 heavy (non-hydrogen) atoms. The Morgan fingerprint density at radius 3 is 2.78 bits per heavy atom. The minimum atomic E-state index is -0.842. The van der Waals surface area contributed by atoms with Gasteiger partial charge in [0.25, 0.3) is 0 Å². The third-order valence-electron chi connectivity index (χ3n) is 3.43. The second-order valence-electron chi connectivity index (χ2n) is 5.15. The summed E-state index contributed by atoms with van der Waals surface area (Å²) in [5, 5.41) is 18.9. The molecule has 0 aromatic carbocycles. The lowest BCUT2D eigenvalue weighted by Crippen LogP contribution is -2.41. The Balaban J connectivity index is 2.22. The van der Waals surface area contributed by atoms with E-state index in [9.17, 15) is 5.11 Å². The van der Waals surface area contributed by atoms with E-state index >= 15 is 0 Å². The zero-order valence-electron chi connectivity index (χ0n) is 11.0. The van der Waals surface area contributed by atoms with Crippen LogP contribution in [0.2, 0.25) is 5.02 Å². The third-order valence-corrected chi connectivity index (χ3v) is 3.70. The maximum absolute atomic E-state index is 10.8. The summed E-state index contributed by atoms with van der Waals surface area (Å²) in [4.78, 5) is 2.09. The minimum absolute atomic E-state index is 0.568. The lowest BCUT2D eigenvalue weighted by Gasteiger charge is -2.33. The fourth-order valence-corrected chi connectivity index (χ4v) is 2.68. The zero-order chi connectivity index (χ0) is 13.2. The number of nitrogens with zero attached hydrogens (tertiary/aromatic N) is 3. The molecule has 1 aromatic heterocycles. The van der Waals surface area contributed by atoms with Crippen LogP contribution in [0.4, 0.5) is 0 Å². The number of hydrogen-bond acceptors (Lipinski definition) is 4. The summed E-state index contributed by atoms with van der Waals surface area (Å²) >= 11 is 6.21. The quantitative estimate of drug-likeness (QED) is 0.846. The van der Waals surface area contributed by atoms with Crippen LogP contribution >= 0.6 is 11.6 Å². The van der Waals surface area contributed by atoms with E-state index in [1.807, 2.05) is 18.8 Å². The second kappa shape index (κ2) is 5.57. The van der Waals surface area contributed by atoms with Gasteiger partial charge in [-0.3, -0.25) is 4.68 Å². The number of rotatable bonds is 4. The average molecular weight is 273 g/mol. The lowest BCUT2D eigenvalue weighted by molar-refractivity contribution is -0.00254. The Labute approximate surface area is 113 Å². The zero-order valence-corrected chi connectivity index (χ0v) is 11.7. The molecular formula is C12H21ClN4O. The predicted molar refractivity (Wildman–Crippen MR) is 71.8 cm³/mol. The van der Waals surface area contributed by atoms with Crippen LogP contribution in [0.25, 0.3) is 0 Å². The van der Waals surface area contributed by atoms with E-state index < -0.39 is 5.60 Å². The summed E-state index contributed by atoms with van der Waals surface area (Å²) in [7, 11) is 4.04. The van der Waals surface area contributed by atoms with Gasteiger partial charge in [-0.1, -0.05) is 11.6 Å². The Morgan fingerprint density at radius 2 is 2.17 bits per heavy atom. The van der Waals surface area contributed by atoms with Gasteiger partial charge in [-0.05, 0) is 40.0 Å². The Hall–Kier alpha value is -0.620. The van der Waals surface area contributed by atoms with E-state index in [4.69, 9.17) is 11.6 Å². The molecule has 0 amide bonds. The van der Waals surface area contributed by atoms with Crippen molar-refractivity contribution in [3.8, 4) is 0 Å². The molecule has 0 spiro atoms. The van der Waals surface area contributed by atoms with Crippen molar-refractivity contribution in [2.24, 2.45) is 0 Å². The number of likely N-dealkylation sites (N-methyl/N-ethyl adjacent to an activating group) is 1. The van der Waals surface area contributed by atoms with Crippen LogP contribution in [0, 0.1) is 0 Å². The smallest absolute Gasteiger partial charge is 0.110 e. The Bertz CT molecular complexity index is 399. The van der Waals surface area contributed by atoms with Gasteiger partial charge in [0.15, 0.2) is 0 Å². The first-order chi connectivity index (χ1) is 8.53. The van der Waals surface area contributed by atoms with Gasteiger partial charge in [0, 0.05) is 6.54 Å². The molecule has 0 radical (unpaired) electrons. The fraction of sp³-hybridized carbons (Fsp3) is 0.750. The van der Waals surface area contributed by atoms with Crippen molar-refractivity contribution in [3.63, 3.8) is 0 Å². The number of piperidine rings is 1. The molecule has 1 aromatic rings. The minimum Gasteiger partial charge on any atom is -0.383 e. The normalized spacial score (nSPS) is 19.4. The molecule has 0 saturated carbocycles. The highest BCUT2D eigenvalue weighted by Gasteiger charge is 2.36. The van der Waals surface area contributed by atoms with E-state index in [1.165, 1.54) is 0 Å². The monoisotopic (exact) mass is 272 g/mol. The van der Waals surface area contributed by atoms with Crippen LogP contribution in [0.3, 0.4) is 0 Å². The van der Waals surface area contributed by atoms with Crippen LogP contribution in [0.15, 0.2) is 6.20 Å². The van der Waals surface area contributed by atoms with Crippen molar-refractivity contribution in [1.82, 2.24) is 20.0 Å². The summed E-state index contributed by atoms with van der Waals surface area (Å²) in [5.41, 5.74) is -0.0713. The van der Waals surface area contributed by atoms with Crippen molar-refractivity contribution < 1.29 is 5.11 Å². The molecule has 1 fully saturated rings. The molecule has 2 heterocycles. The molecule has 0 bridgehead atoms. The standard InChI is InChI=1S/C12H21ClN4O/c1-16(2)7-8-17-11(10(13)9-15-17)12(18)3-5-14-6-4-12/h9,14,18H,3-8H2,1-2H3. The van der Waals surface area contributed by atoms with Crippen molar-refractivity contribution in [2.75, 3.05) is 33.7 Å². The van der Waals surface area contributed by atoms with Crippen molar-refractivity contribution in [3.05, 3.63) is 16.9 Å². The lowest BCUT2D eigenvalue weighted by atomic mass is 9.89. The first kappa shape index (κ1) is 13.8. The third kappa shape index (κ3) is 2.85. The van der Waals surface area contributed by atoms with Gasteiger partial charge in [0.1, 0.15) is 5.60 Å². The molecule has 0 atom stereocenters. The van der Waals surface area contributed by atoms with Gasteiger partial charge in [0.05, 0.1) is 23.5 Å². The van der Waals surface area contributed by atoms with E-state index in [-0.39, 0.29) is 0 Å². The van der Waals surface area contributed by atoms with E-state index in [2.05, 4.69) is 15.3 Å². The fourth-order valence-electron chi connectivity index (χ4n) is 2.37. The van der Waals surface area contributed by atoms with Gasteiger partial charge < -0.3 is 15.3 Å². The maximum atomic E-state index is 10.8. The summed E-state index contributed by atoms with van der Waals surface area (Å²) in [5.74, 6) is 0. The van der Waals surface area contributed by atoms with E-state index in [0.29, 0.717) is 17.9 Å². The van der Waals surface area contributed by atoms with Gasteiger partial charge in [0.2, 0.25) is 0 Å². The predicted octanol–water partition coefficient (Wildman–Crippen LogP) is 0.669. The van der Waals surface area contributed by atoms with Crippen molar-refractivity contribution >= 4 is 11.6 Å². The molecule has 0 aliphatic carbocycles. The van der Waals surface area contributed by atoms with Crippen LogP contribution in [0.1, 0.15) is 18.5 Å². The second-order valence-corrected chi connectivity index (χ2v) is 5.56. The molecule has 2 rings (SSSR count). The molecule has 1 aliphatic heterocycles. The topological polar surface area (TPSA) is 53.3 Å². The molecule has 6 heteroatoms. The van der Waals surface area contributed by atoms with E-state index in [0.717, 1.165) is 31.9 Å². The van der Waals surface area contributed by atoms with Crippen LogP contribution < -0.4 is 5.32 Å². The van der Waals surface area contributed by atoms with Gasteiger partial charge in [-0.15, -0.1) is 0 Å². The molecular weight excluding hydrogens is 252 g/mol. The largest absolute Gasteiger partial charge is 0.383 e. The van der Waals surface area contributed by atoms with Crippen LogP contribution in [-0.4, -0.2) is 53.5 Å². The summed E-state index contributed by atoms with van der Waals surface area (Å²) in [6, 6.07) is 0.